The number of hydrogen-bond acceptors (Lipinski definition) is 2. The van der Waals surface area contributed by atoms with Gasteiger partial charge in [0, 0.05) is 23.1 Å². The Morgan fingerprint density at radius 1 is 1.11 bits per heavy atom. The molecule has 0 aliphatic heterocycles. The van der Waals surface area contributed by atoms with E-state index in [9.17, 15) is 21.6 Å². The predicted molar refractivity (Wildman–Crippen MR) is 102 cm³/mol. The molecule has 0 aliphatic rings. The van der Waals surface area contributed by atoms with Crippen LogP contribution in [0.3, 0.4) is 0 Å². The van der Waals surface area contributed by atoms with Crippen molar-refractivity contribution in [2.45, 2.75) is 30.0 Å². The minimum Gasteiger partial charge on any atom is -0.361 e. The number of benzene rings is 2. The monoisotopic (exact) mass is 408 g/mol. The molecule has 1 aromatic heterocycles. The van der Waals surface area contributed by atoms with Gasteiger partial charge in [0.1, 0.15) is 0 Å². The van der Waals surface area contributed by atoms with Gasteiger partial charge in [0.2, 0.25) is 10.0 Å². The van der Waals surface area contributed by atoms with Crippen LogP contribution in [0.5, 0.6) is 0 Å². The maximum Gasteiger partial charge on any atom is 0.416 e. The SMILES string of the molecule is C=CC[C@@H](Cc1c[nH]c2ccccc12)NS(=O)(=O)c1ccc(C(F)(F)F)cc1. The van der Waals surface area contributed by atoms with E-state index in [0.717, 1.165) is 40.7 Å². The average molecular weight is 408 g/mol. The summed E-state index contributed by atoms with van der Waals surface area (Å²) in [6, 6.07) is 10.6. The first kappa shape index (κ1) is 20.2. The first-order chi connectivity index (χ1) is 13.2. The largest absolute Gasteiger partial charge is 0.416 e. The van der Waals surface area contributed by atoms with E-state index in [1.54, 1.807) is 6.08 Å². The maximum atomic E-state index is 12.7. The van der Waals surface area contributed by atoms with Gasteiger partial charge in [-0.3, -0.25) is 0 Å². The van der Waals surface area contributed by atoms with E-state index in [-0.39, 0.29) is 4.90 Å². The van der Waals surface area contributed by atoms with Crippen LogP contribution in [0.4, 0.5) is 13.2 Å². The van der Waals surface area contributed by atoms with Crippen LogP contribution >= 0.6 is 0 Å². The lowest BCUT2D eigenvalue weighted by Crippen LogP contribution is -2.36. The van der Waals surface area contributed by atoms with E-state index >= 15 is 0 Å². The van der Waals surface area contributed by atoms with Crippen LogP contribution in [0.25, 0.3) is 10.9 Å². The van der Waals surface area contributed by atoms with Gasteiger partial charge in [0.05, 0.1) is 10.5 Å². The summed E-state index contributed by atoms with van der Waals surface area (Å²) in [7, 11) is -3.98. The molecule has 1 atom stereocenters. The lowest BCUT2D eigenvalue weighted by Gasteiger charge is -2.17. The predicted octanol–water partition coefficient (Wildman–Crippen LogP) is 4.65. The second kappa shape index (κ2) is 7.81. The minimum absolute atomic E-state index is 0.214. The maximum absolute atomic E-state index is 12.7. The summed E-state index contributed by atoms with van der Waals surface area (Å²) in [5, 5.41) is 0.991. The Labute approximate surface area is 161 Å². The van der Waals surface area contributed by atoms with Gasteiger partial charge in [0.15, 0.2) is 0 Å². The number of H-pyrrole nitrogens is 1. The zero-order valence-electron chi connectivity index (χ0n) is 14.8. The molecule has 8 heteroatoms. The summed E-state index contributed by atoms with van der Waals surface area (Å²) in [6.07, 6.45) is -0.298. The standard InChI is InChI=1S/C20H19F3N2O2S/c1-2-5-16(12-14-13-24-19-7-4-3-6-18(14)19)25-28(26,27)17-10-8-15(9-11-17)20(21,22)23/h2-4,6-11,13,16,24-25H,1,5,12H2/t16-/m0/s1. The van der Waals surface area contributed by atoms with Gasteiger partial charge in [-0.2, -0.15) is 13.2 Å². The average Bonchev–Trinajstić information content (AvgIpc) is 3.04. The Balaban J connectivity index is 1.82. The molecule has 0 fully saturated rings. The molecule has 4 nitrogen and oxygen atoms in total. The normalized spacial score (nSPS) is 13.5. The van der Waals surface area contributed by atoms with Gasteiger partial charge in [-0.1, -0.05) is 24.3 Å². The van der Waals surface area contributed by atoms with Gasteiger partial charge < -0.3 is 4.98 Å². The second-order valence-electron chi connectivity index (χ2n) is 6.43. The Morgan fingerprint density at radius 3 is 2.43 bits per heavy atom. The van der Waals surface area contributed by atoms with Crippen molar-refractivity contribution in [2.75, 3.05) is 0 Å². The fourth-order valence-electron chi connectivity index (χ4n) is 3.05. The van der Waals surface area contributed by atoms with Crippen LogP contribution in [-0.4, -0.2) is 19.4 Å². The Morgan fingerprint density at radius 2 is 1.79 bits per heavy atom. The Kier molecular flexibility index (Phi) is 5.62. The molecule has 0 bridgehead atoms. The van der Waals surface area contributed by atoms with E-state index in [1.807, 2.05) is 30.5 Å². The molecule has 0 spiro atoms. The number of para-hydroxylation sites is 1. The number of aromatic nitrogens is 1. The van der Waals surface area contributed by atoms with Crippen molar-refractivity contribution in [3.8, 4) is 0 Å². The summed E-state index contributed by atoms with van der Waals surface area (Å²) < 4.78 is 65.9. The van der Waals surface area contributed by atoms with Crippen molar-refractivity contribution >= 4 is 20.9 Å². The first-order valence-corrected chi connectivity index (χ1v) is 10.0. The first-order valence-electron chi connectivity index (χ1n) is 8.56. The lowest BCUT2D eigenvalue weighted by molar-refractivity contribution is -0.137. The molecule has 148 valence electrons. The molecule has 0 saturated carbocycles. The molecular weight excluding hydrogens is 389 g/mol. The van der Waals surface area contributed by atoms with Crippen molar-refractivity contribution in [1.82, 2.24) is 9.71 Å². The van der Waals surface area contributed by atoms with Gasteiger partial charge in [-0.15, -0.1) is 6.58 Å². The fourth-order valence-corrected chi connectivity index (χ4v) is 4.30. The summed E-state index contributed by atoms with van der Waals surface area (Å²) in [6.45, 7) is 3.67. The molecule has 0 unspecified atom stereocenters. The van der Waals surface area contributed by atoms with Crippen LogP contribution in [0.1, 0.15) is 17.5 Å². The smallest absolute Gasteiger partial charge is 0.361 e. The Hall–Kier alpha value is -2.58. The lowest BCUT2D eigenvalue weighted by atomic mass is 10.0. The number of nitrogens with one attached hydrogen (secondary N) is 2. The number of sulfonamides is 1. The van der Waals surface area contributed by atoms with Crippen LogP contribution in [0, 0.1) is 0 Å². The molecule has 1 heterocycles. The van der Waals surface area contributed by atoms with E-state index < -0.39 is 27.8 Å². The number of fused-ring (bicyclic) bond motifs is 1. The zero-order chi connectivity index (χ0) is 20.4. The molecule has 2 N–H and O–H groups in total. The summed E-state index contributed by atoms with van der Waals surface area (Å²) >= 11 is 0. The zero-order valence-corrected chi connectivity index (χ0v) is 15.6. The van der Waals surface area contributed by atoms with E-state index in [1.165, 1.54) is 0 Å². The molecule has 2 aromatic carbocycles. The quantitative estimate of drug-likeness (QED) is 0.559. The van der Waals surface area contributed by atoms with E-state index in [2.05, 4.69) is 16.3 Å². The Bertz CT molecular complexity index is 1070. The third-order valence-electron chi connectivity index (χ3n) is 4.41. The molecular formula is C20H19F3N2O2S. The van der Waals surface area contributed by atoms with Crippen LogP contribution in [0.2, 0.25) is 0 Å². The molecule has 0 radical (unpaired) electrons. The van der Waals surface area contributed by atoms with Crippen molar-refractivity contribution < 1.29 is 21.6 Å². The highest BCUT2D eigenvalue weighted by Crippen LogP contribution is 2.29. The van der Waals surface area contributed by atoms with Crippen LogP contribution in [-0.2, 0) is 22.6 Å². The fraction of sp³-hybridized carbons (Fsp3) is 0.200. The van der Waals surface area contributed by atoms with Gasteiger partial charge >= 0.3 is 6.18 Å². The topological polar surface area (TPSA) is 62.0 Å². The molecule has 0 saturated heterocycles. The molecule has 28 heavy (non-hydrogen) atoms. The molecule has 0 amide bonds. The summed E-state index contributed by atoms with van der Waals surface area (Å²) in [4.78, 5) is 2.93. The highest BCUT2D eigenvalue weighted by Gasteiger charge is 2.31. The third-order valence-corrected chi connectivity index (χ3v) is 5.94. The second-order valence-corrected chi connectivity index (χ2v) is 8.14. The van der Waals surface area contributed by atoms with Crippen LogP contribution < -0.4 is 4.72 Å². The molecule has 3 aromatic rings. The summed E-state index contributed by atoms with van der Waals surface area (Å²) in [5.41, 5.74) is 0.992. The number of aromatic amines is 1. The van der Waals surface area contributed by atoms with E-state index in [0.29, 0.717) is 12.8 Å². The number of halogens is 3. The number of rotatable bonds is 7. The minimum atomic E-state index is -4.52. The van der Waals surface area contributed by atoms with Crippen molar-refractivity contribution in [3.63, 3.8) is 0 Å². The van der Waals surface area contributed by atoms with Crippen LogP contribution in [0.15, 0.2) is 72.3 Å². The van der Waals surface area contributed by atoms with Crippen molar-refractivity contribution in [1.29, 1.82) is 0 Å². The number of hydrogen-bond donors (Lipinski definition) is 2. The number of alkyl halides is 3. The summed E-state index contributed by atoms with van der Waals surface area (Å²) in [5.74, 6) is 0. The van der Waals surface area contributed by atoms with E-state index in [4.69, 9.17) is 0 Å². The van der Waals surface area contributed by atoms with Crippen molar-refractivity contribution in [2.24, 2.45) is 0 Å². The van der Waals surface area contributed by atoms with Crippen molar-refractivity contribution in [3.05, 3.63) is 78.5 Å². The van der Waals surface area contributed by atoms with Gasteiger partial charge in [-0.25, -0.2) is 13.1 Å². The third kappa shape index (κ3) is 4.45. The molecule has 3 rings (SSSR count). The highest BCUT2D eigenvalue weighted by atomic mass is 32.2. The van der Waals surface area contributed by atoms with Gasteiger partial charge in [0.25, 0.3) is 0 Å². The van der Waals surface area contributed by atoms with Gasteiger partial charge in [-0.05, 0) is 48.7 Å². The highest BCUT2D eigenvalue weighted by molar-refractivity contribution is 7.89. The molecule has 0 aliphatic carbocycles.